The zero-order chi connectivity index (χ0) is 14.3. The highest BCUT2D eigenvalue weighted by Crippen LogP contribution is 2.55. The van der Waals surface area contributed by atoms with Crippen molar-refractivity contribution in [3.63, 3.8) is 0 Å². The van der Waals surface area contributed by atoms with Crippen LogP contribution in [0.2, 0.25) is 0 Å². The third-order valence-electron chi connectivity index (χ3n) is 5.37. The van der Waals surface area contributed by atoms with Gasteiger partial charge in [0.05, 0.1) is 7.11 Å². The number of nitriles is 1. The molecule has 0 radical (unpaired) electrons. The Morgan fingerprint density at radius 2 is 1.70 bits per heavy atom. The van der Waals surface area contributed by atoms with E-state index in [0.717, 1.165) is 17.8 Å². The van der Waals surface area contributed by atoms with Crippen LogP contribution in [0.5, 0.6) is 0 Å². The van der Waals surface area contributed by atoms with Gasteiger partial charge in [0.25, 0.3) is 0 Å². The summed E-state index contributed by atoms with van der Waals surface area (Å²) in [6.07, 6.45) is 7.71. The topological polar surface area (TPSA) is 62.1 Å². The lowest BCUT2D eigenvalue weighted by Gasteiger charge is -2.57. The van der Waals surface area contributed by atoms with E-state index in [1.165, 1.54) is 45.6 Å². The number of carbonyl (C=O) groups excluding carboxylic acids is 1. The third kappa shape index (κ3) is 2.19. The summed E-state index contributed by atoms with van der Waals surface area (Å²) in [5.41, 5.74) is 0.916. The maximum absolute atomic E-state index is 11.6. The van der Waals surface area contributed by atoms with Crippen molar-refractivity contribution in [2.75, 3.05) is 7.11 Å². The van der Waals surface area contributed by atoms with E-state index in [4.69, 9.17) is 5.26 Å². The molecule has 4 nitrogen and oxygen atoms in total. The van der Waals surface area contributed by atoms with Gasteiger partial charge in [0.1, 0.15) is 6.07 Å². The van der Waals surface area contributed by atoms with Crippen LogP contribution in [-0.4, -0.2) is 18.6 Å². The molecule has 108 valence electrons. The number of nitrogens with one attached hydrogen (secondary N) is 1. The number of methoxy groups -OCH3 is 1. The molecule has 4 aliphatic carbocycles. The van der Waals surface area contributed by atoms with Crippen LogP contribution < -0.4 is 5.32 Å². The number of hydrogen-bond acceptors (Lipinski definition) is 4. The first-order chi connectivity index (χ1) is 9.55. The zero-order valence-electron chi connectivity index (χ0n) is 12.2. The van der Waals surface area contributed by atoms with Gasteiger partial charge in [0.15, 0.2) is 5.57 Å². The van der Waals surface area contributed by atoms with Gasteiger partial charge in [-0.15, -0.1) is 0 Å². The van der Waals surface area contributed by atoms with Crippen LogP contribution in [0.4, 0.5) is 0 Å². The van der Waals surface area contributed by atoms with E-state index >= 15 is 0 Å². The van der Waals surface area contributed by atoms with Crippen molar-refractivity contribution in [3.8, 4) is 6.07 Å². The molecule has 20 heavy (non-hydrogen) atoms. The zero-order valence-corrected chi connectivity index (χ0v) is 12.2. The Kier molecular flexibility index (Phi) is 3.24. The van der Waals surface area contributed by atoms with Gasteiger partial charge >= 0.3 is 5.97 Å². The van der Waals surface area contributed by atoms with E-state index < -0.39 is 5.97 Å². The Labute approximate surface area is 120 Å². The molecule has 0 saturated heterocycles. The molecule has 0 aliphatic heterocycles. The van der Waals surface area contributed by atoms with Crippen LogP contribution in [0.15, 0.2) is 11.3 Å². The molecule has 0 aromatic carbocycles. The summed E-state index contributed by atoms with van der Waals surface area (Å²) in [6.45, 7) is 1.83. The molecule has 0 spiro atoms. The summed E-state index contributed by atoms with van der Waals surface area (Å²) in [4.78, 5) is 11.6. The average Bonchev–Trinajstić information content (AvgIpc) is 2.36. The minimum Gasteiger partial charge on any atom is -0.465 e. The van der Waals surface area contributed by atoms with Gasteiger partial charge in [0, 0.05) is 11.2 Å². The van der Waals surface area contributed by atoms with Crippen LogP contribution in [0.25, 0.3) is 0 Å². The third-order valence-corrected chi connectivity index (χ3v) is 5.37. The summed E-state index contributed by atoms with van der Waals surface area (Å²) >= 11 is 0. The van der Waals surface area contributed by atoms with E-state index in [1.807, 2.05) is 13.0 Å². The van der Waals surface area contributed by atoms with Crippen molar-refractivity contribution in [2.45, 2.75) is 51.0 Å². The van der Waals surface area contributed by atoms with Crippen molar-refractivity contribution in [3.05, 3.63) is 11.3 Å². The first-order valence-corrected chi connectivity index (χ1v) is 7.52. The molecule has 0 atom stereocenters. The maximum atomic E-state index is 11.6. The fraction of sp³-hybridized carbons (Fsp3) is 0.750. The molecular formula is C16H22N2O2. The molecule has 0 unspecified atom stereocenters. The second-order valence-corrected chi connectivity index (χ2v) is 6.93. The van der Waals surface area contributed by atoms with Gasteiger partial charge in [-0.25, -0.2) is 4.79 Å². The molecule has 1 N–H and O–H groups in total. The van der Waals surface area contributed by atoms with Crippen molar-refractivity contribution >= 4 is 5.97 Å². The van der Waals surface area contributed by atoms with E-state index in [0.29, 0.717) is 5.70 Å². The summed E-state index contributed by atoms with van der Waals surface area (Å²) in [6, 6.07) is 1.98. The lowest BCUT2D eigenvalue weighted by molar-refractivity contribution is -0.135. The molecule has 4 aliphatic rings. The Hall–Kier alpha value is -1.50. The van der Waals surface area contributed by atoms with Crippen molar-refractivity contribution in [1.82, 2.24) is 5.32 Å². The standard InChI is InChI=1S/C16H22N2O2/c1-10(14(9-17)15(19)20-2)18-16-6-11-3-12(7-16)5-13(4-11)8-16/h11-13,18H,3-8H2,1-2H3/b14-10+. The highest BCUT2D eigenvalue weighted by molar-refractivity contribution is 5.93. The number of carbonyl (C=O) groups is 1. The monoisotopic (exact) mass is 274 g/mol. The number of rotatable bonds is 3. The van der Waals surface area contributed by atoms with Crippen LogP contribution in [-0.2, 0) is 9.53 Å². The van der Waals surface area contributed by atoms with Crippen LogP contribution in [0.3, 0.4) is 0 Å². The summed E-state index contributed by atoms with van der Waals surface area (Å²) in [5, 5.41) is 12.7. The van der Waals surface area contributed by atoms with Gasteiger partial charge in [0.2, 0.25) is 0 Å². The van der Waals surface area contributed by atoms with Crippen LogP contribution >= 0.6 is 0 Å². The fourth-order valence-corrected chi connectivity index (χ4v) is 5.11. The quantitative estimate of drug-likeness (QED) is 0.488. The van der Waals surface area contributed by atoms with Gasteiger partial charge in [-0.1, -0.05) is 0 Å². The number of hydrogen-bond donors (Lipinski definition) is 1. The minimum absolute atomic E-state index is 0.114. The lowest BCUT2D eigenvalue weighted by Crippen LogP contribution is -2.58. The predicted octanol–water partition coefficient (Wildman–Crippen LogP) is 2.52. The largest absolute Gasteiger partial charge is 0.465 e. The Balaban J connectivity index is 1.82. The molecule has 4 saturated carbocycles. The van der Waals surface area contributed by atoms with Crippen molar-refractivity contribution < 1.29 is 9.53 Å². The molecule has 0 aromatic heterocycles. The summed E-state index contributed by atoms with van der Waals surface area (Å²) in [7, 11) is 1.32. The second kappa shape index (κ2) is 4.80. The molecular weight excluding hydrogens is 252 g/mol. The smallest absolute Gasteiger partial charge is 0.350 e. The number of allylic oxidation sites excluding steroid dienone is 1. The van der Waals surface area contributed by atoms with Gasteiger partial charge in [-0.3, -0.25) is 0 Å². The molecule has 4 fully saturated rings. The normalized spacial score (nSPS) is 39.0. The molecule has 0 amide bonds. The van der Waals surface area contributed by atoms with Crippen LogP contribution in [0, 0.1) is 29.1 Å². The molecule has 0 heterocycles. The number of esters is 1. The summed E-state index contributed by atoms with van der Waals surface area (Å²) in [5.74, 6) is 1.97. The Morgan fingerprint density at radius 3 is 2.10 bits per heavy atom. The van der Waals surface area contributed by atoms with Gasteiger partial charge in [-0.05, 0) is 63.2 Å². The van der Waals surface area contributed by atoms with E-state index in [1.54, 1.807) is 0 Å². The highest BCUT2D eigenvalue weighted by atomic mass is 16.5. The number of ether oxygens (including phenoxy) is 1. The SMILES string of the molecule is COC(=O)/C(C#N)=C(\C)NC12CC3CC(CC(C3)C1)C2. The maximum Gasteiger partial charge on any atom is 0.350 e. The van der Waals surface area contributed by atoms with Crippen LogP contribution in [0.1, 0.15) is 45.4 Å². The van der Waals surface area contributed by atoms with E-state index in [2.05, 4.69) is 10.1 Å². The first kappa shape index (κ1) is 13.5. The first-order valence-electron chi connectivity index (χ1n) is 7.52. The lowest BCUT2D eigenvalue weighted by atomic mass is 9.53. The van der Waals surface area contributed by atoms with Crippen molar-refractivity contribution in [2.24, 2.45) is 17.8 Å². The van der Waals surface area contributed by atoms with Crippen molar-refractivity contribution in [1.29, 1.82) is 5.26 Å². The number of nitrogens with zero attached hydrogens (tertiary/aromatic N) is 1. The Bertz CT molecular complexity index is 466. The summed E-state index contributed by atoms with van der Waals surface area (Å²) < 4.78 is 4.69. The molecule has 4 rings (SSSR count). The van der Waals surface area contributed by atoms with Gasteiger partial charge < -0.3 is 10.1 Å². The molecule has 4 bridgehead atoms. The average molecular weight is 274 g/mol. The van der Waals surface area contributed by atoms with Gasteiger partial charge in [-0.2, -0.15) is 5.26 Å². The minimum atomic E-state index is -0.540. The molecule has 4 heteroatoms. The fourth-order valence-electron chi connectivity index (χ4n) is 5.11. The second-order valence-electron chi connectivity index (χ2n) is 6.93. The Morgan fingerprint density at radius 1 is 1.20 bits per heavy atom. The van der Waals surface area contributed by atoms with E-state index in [-0.39, 0.29) is 11.1 Å². The van der Waals surface area contributed by atoms with E-state index in [9.17, 15) is 4.79 Å². The molecule has 0 aromatic rings. The highest BCUT2D eigenvalue weighted by Gasteiger charge is 2.51. The predicted molar refractivity (Wildman–Crippen MR) is 74.4 cm³/mol.